The van der Waals surface area contributed by atoms with Crippen LogP contribution in [0.1, 0.15) is 28.4 Å². The zero-order valence-electron chi connectivity index (χ0n) is 15.3. The minimum Gasteiger partial charge on any atom is -0.452 e. The van der Waals surface area contributed by atoms with E-state index in [4.69, 9.17) is 4.74 Å². The van der Waals surface area contributed by atoms with Gasteiger partial charge >= 0.3 is 5.97 Å². The minimum absolute atomic E-state index is 0.106. The smallest absolute Gasteiger partial charge is 0.338 e. The van der Waals surface area contributed by atoms with Crippen molar-refractivity contribution < 1.29 is 19.1 Å². The summed E-state index contributed by atoms with van der Waals surface area (Å²) in [4.78, 5) is 36.9. The predicted molar refractivity (Wildman–Crippen MR) is 105 cm³/mol. The van der Waals surface area contributed by atoms with E-state index in [1.165, 1.54) is 11.8 Å². The van der Waals surface area contributed by atoms with Gasteiger partial charge in [-0.05, 0) is 62.2 Å². The molecule has 0 aliphatic carbocycles. The number of carbonyl (C=O) groups is 3. The number of thioether (sulfide) groups is 1. The lowest BCUT2D eigenvalue weighted by Crippen LogP contribution is -2.26. The van der Waals surface area contributed by atoms with Gasteiger partial charge in [0.1, 0.15) is 0 Å². The first-order valence-corrected chi connectivity index (χ1v) is 9.36. The van der Waals surface area contributed by atoms with Gasteiger partial charge in [-0.3, -0.25) is 9.59 Å². The summed E-state index contributed by atoms with van der Waals surface area (Å²) in [6.07, 6.45) is 0. The quantitative estimate of drug-likeness (QED) is 0.788. The fourth-order valence-electron chi connectivity index (χ4n) is 2.79. The van der Waals surface area contributed by atoms with Crippen molar-refractivity contribution in [2.24, 2.45) is 0 Å². The van der Waals surface area contributed by atoms with E-state index in [-0.39, 0.29) is 23.3 Å². The van der Waals surface area contributed by atoms with E-state index in [1.54, 1.807) is 18.2 Å². The lowest BCUT2D eigenvalue weighted by Gasteiger charge is -2.21. The number of hydrogen-bond donors (Lipinski definition) is 2. The summed E-state index contributed by atoms with van der Waals surface area (Å²) in [6.45, 7) is 5.31. The van der Waals surface area contributed by atoms with Gasteiger partial charge in [0.05, 0.1) is 16.5 Å². The third-order valence-electron chi connectivity index (χ3n) is 3.99. The van der Waals surface area contributed by atoms with E-state index in [2.05, 4.69) is 10.6 Å². The second-order valence-corrected chi connectivity index (χ2v) is 7.84. The molecule has 0 radical (unpaired) electrons. The first-order valence-electron chi connectivity index (χ1n) is 8.48. The monoisotopic (exact) mass is 384 g/mol. The summed E-state index contributed by atoms with van der Waals surface area (Å²) in [6, 6.07) is 10.7. The number of amides is 2. The van der Waals surface area contributed by atoms with Crippen LogP contribution in [0.25, 0.3) is 0 Å². The molecule has 0 saturated heterocycles. The van der Waals surface area contributed by atoms with Crippen LogP contribution in [0.3, 0.4) is 0 Å². The Morgan fingerprint density at radius 2 is 1.85 bits per heavy atom. The van der Waals surface area contributed by atoms with Crippen LogP contribution in [0, 0.1) is 13.8 Å². The largest absolute Gasteiger partial charge is 0.452 e. The van der Waals surface area contributed by atoms with Crippen molar-refractivity contribution in [3.63, 3.8) is 0 Å². The summed E-state index contributed by atoms with van der Waals surface area (Å²) in [5.74, 6) is -1.14. The lowest BCUT2D eigenvalue weighted by atomic mass is 10.1. The molecule has 1 unspecified atom stereocenters. The van der Waals surface area contributed by atoms with Gasteiger partial charge in [-0.2, -0.15) is 0 Å². The summed E-state index contributed by atoms with van der Waals surface area (Å²) in [7, 11) is 0. The highest BCUT2D eigenvalue weighted by Crippen LogP contribution is 2.36. The number of ether oxygens (including phenoxy) is 1. The minimum atomic E-state index is -0.619. The molecule has 1 aliphatic heterocycles. The standard InChI is InChI=1S/C20H20N2O4S/c1-11-6-12(2)8-15(7-11)21-18(23)10-26-20(25)14-4-5-17-16(9-14)22-19(24)13(3)27-17/h4-9,13H,10H2,1-3H3,(H,21,23)(H,22,24). The molecule has 1 heterocycles. The van der Waals surface area contributed by atoms with Gasteiger partial charge in [0.2, 0.25) is 5.91 Å². The van der Waals surface area contributed by atoms with E-state index in [0.29, 0.717) is 11.4 Å². The molecule has 27 heavy (non-hydrogen) atoms. The molecule has 2 N–H and O–H groups in total. The Balaban J connectivity index is 1.60. The van der Waals surface area contributed by atoms with Gasteiger partial charge in [-0.1, -0.05) is 6.07 Å². The van der Waals surface area contributed by atoms with Crippen molar-refractivity contribution >= 4 is 40.9 Å². The maximum absolute atomic E-state index is 12.2. The maximum atomic E-state index is 12.2. The van der Waals surface area contributed by atoms with Crippen LogP contribution in [0.15, 0.2) is 41.3 Å². The Kier molecular flexibility index (Phi) is 5.51. The average Bonchev–Trinajstić information content (AvgIpc) is 2.59. The van der Waals surface area contributed by atoms with E-state index >= 15 is 0 Å². The van der Waals surface area contributed by atoms with E-state index < -0.39 is 11.9 Å². The number of anilines is 2. The molecule has 2 amide bonds. The van der Waals surface area contributed by atoms with Crippen molar-refractivity contribution in [1.82, 2.24) is 0 Å². The highest BCUT2D eigenvalue weighted by Gasteiger charge is 2.24. The van der Waals surface area contributed by atoms with Crippen LogP contribution in [-0.4, -0.2) is 29.6 Å². The average molecular weight is 384 g/mol. The molecule has 0 fully saturated rings. The van der Waals surface area contributed by atoms with Crippen LogP contribution < -0.4 is 10.6 Å². The Morgan fingerprint density at radius 1 is 1.15 bits per heavy atom. The van der Waals surface area contributed by atoms with Crippen LogP contribution in [-0.2, 0) is 14.3 Å². The Morgan fingerprint density at radius 3 is 2.56 bits per heavy atom. The predicted octanol–water partition coefficient (Wildman–Crippen LogP) is 3.53. The molecular weight excluding hydrogens is 364 g/mol. The molecule has 3 rings (SSSR count). The van der Waals surface area contributed by atoms with Gasteiger partial charge < -0.3 is 15.4 Å². The lowest BCUT2D eigenvalue weighted by molar-refractivity contribution is -0.119. The number of rotatable bonds is 4. The van der Waals surface area contributed by atoms with Gasteiger partial charge in [-0.25, -0.2) is 4.79 Å². The molecular formula is C20H20N2O4S. The van der Waals surface area contributed by atoms with E-state index in [0.717, 1.165) is 16.0 Å². The van der Waals surface area contributed by atoms with Gasteiger partial charge in [0, 0.05) is 10.6 Å². The second-order valence-electron chi connectivity index (χ2n) is 6.46. The molecule has 0 aromatic heterocycles. The number of aryl methyl sites for hydroxylation is 2. The third kappa shape index (κ3) is 4.68. The van der Waals surface area contributed by atoms with Crippen LogP contribution >= 0.6 is 11.8 Å². The first kappa shape index (κ1) is 19.0. The van der Waals surface area contributed by atoms with Crippen molar-refractivity contribution in [1.29, 1.82) is 0 Å². The molecule has 140 valence electrons. The fourth-order valence-corrected chi connectivity index (χ4v) is 3.72. The number of benzene rings is 2. The summed E-state index contributed by atoms with van der Waals surface area (Å²) in [5.41, 5.74) is 3.59. The third-order valence-corrected chi connectivity index (χ3v) is 5.16. The summed E-state index contributed by atoms with van der Waals surface area (Å²) >= 11 is 1.43. The van der Waals surface area contributed by atoms with Crippen LogP contribution in [0.4, 0.5) is 11.4 Å². The SMILES string of the molecule is Cc1cc(C)cc(NC(=O)COC(=O)c2ccc3c(c2)NC(=O)C(C)S3)c1. The Bertz CT molecular complexity index is 906. The summed E-state index contributed by atoms with van der Waals surface area (Å²) in [5, 5.41) is 5.30. The molecule has 2 aromatic rings. The van der Waals surface area contributed by atoms with Crippen molar-refractivity contribution in [3.8, 4) is 0 Å². The molecule has 0 saturated carbocycles. The number of carbonyl (C=O) groups excluding carboxylic acids is 3. The van der Waals surface area contributed by atoms with Crippen molar-refractivity contribution in [2.45, 2.75) is 30.9 Å². The molecule has 1 atom stereocenters. The van der Waals surface area contributed by atoms with Gasteiger partial charge in [-0.15, -0.1) is 11.8 Å². The van der Waals surface area contributed by atoms with Crippen LogP contribution in [0.5, 0.6) is 0 Å². The Labute approximate surface area is 161 Å². The second kappa shape index (κ2) is 7.84. The summed E-state index contributed by atoms with van der Waals surface area (Å²) < 4.78 is 5.09. The molecule has 0 bridgehead atoms. The highest BCUT2D eigenvalue weighted by molar-refractivity contribution is 8.00. The number of esters is 1. The number of fused-ring (bicyclic) bond motifs is 1. The van der Waals surface area contributed by atoms with Gasteiger partial charge in [0.25, 0.3) is 5.91 Å². The molecule has 2 aromatic carbocycles. The topological polar surface area (TPSA) is 84.5 Å². The first-order chi connectivity index (χ1) is 12.8. The molecule has 6 nitrogen and oxygen atoms in total. The maximum Gasteiger partial charge on any atom is 0.338 e. The van der Waals surface area contributed by atoms with Gasteiger partial charge in [0.15, 0.2) is 6.61 Å². The number of hydrogen-bond acceptors (Lipinski definition) is 5. The van der Waals surface area contributed by atoms with Crippen molar-refractivity contribution in [3.05, 3.63) is 53.1 Å². The highest BCUT2D eigenvalue weighted by atomic mass is 32.2. The molecule has 7 heteroatoms. The van der Waals surface area contributed by atoms with Crippen molar-refractivity contribution in [2.75, 3.05) is 17.2 Å². The molecule has 0 spiro atoms. The Hall–Kier alpha value is -2.80. The van der Waals surface area contributed by atoms with E-state index in [9.17, 15) is 14.4 Å². The zero-order chi connectivity index (χ0) is 19.6. The number of nitrogens with one attached hydrogen (secondary N) is 2. The fraction of sp³-hybridized carbons (Fsp3) is 0.250. The van der Waals surface area contributed by atoms with Crippen LogP contribution in [0.2, 0.25) is 0 Å². The molecule has 1 aliphatic rings. The van der Waals surface area contributed by atoms with E-state index in [1.807, 2.05) is 39.0 Å². The normalized spacial score (nSPS) is 15.5. The zero-order valence-corrected chi connectivity index (χ0v) is 16.1.